The SMILES string of the molecule is O=C1CSc2ccc(C(=O)Nc3ccn[nH]3)cc2N1. The number of thioether (sulfide) groups is 1. The Kier molecular flexibility index (Phi) is 2.96. The highest BCUT2D eigenvalue weighted by atomic mass is 32.2. The second-order valence-corrected chi connectivity index (χ2v) is 4.99. The number of aromatic nitrogens is 2. The summed E-state index contributed by atoms with van der Waals surface area (Å²) in [6.07, 6.45) is 1.55. The van der Waals surface area contributed by atoms with Crippen molar-refractivity contribution in [2.45, 2.75) is 4.90 Å². The Morgan fingerprint density at radius 1 is 1.37 bits per heavy atom. The molecule has 2 heterocycles. The van der Waals surface area contributed by atoms with Crippen LogP contribution in [0.2, 0.25) is 0 Å². The molecule has 2 aromatic rings. The first-order valence-electron chi connectivity index (χ1n) is 5.60. The van der Waals surface area contributed by atoms with Gasteiger partial charge in [-0.15, -0.1) is 11.8 Å². The number of nitrogens with one attached hydrogen (secondary N) is 3. The highest BCUT2D eigenvalue weighted by molar-refractivity contribution is 8.00. The number of carbonyl (C=O) groups excluding carboxylic acids is 2. The summed E-state index contributed by atoms with van der Waals surface area (Å²) in [6.45, 7) is 0. The summed E-state index contributed by atoms with van der Waals surface area (Å²) in [7, 11) is 0. The van der Waals surface area contributed by atoms with Gasteiger partial charge in [-0.1, -0.05) is 0 Å². The van der Waals surface area contributed by atoms with Crippen LogP contribution in [0.25, 0.3) is 0 Å². The van der Waals surface area contributed by atoms with Gasteiger partial charge in [0.15, 0.2) is 0 Å². The first-order chi connectivity index (χ1) is 9.22. The van der Waals surface area contributed by atoms with E-state index < -0.39 is 0 Å². The number of nitrogens with zero attached hydrogens (tertiary/aromatic N) is 1. The molecule has 7 heteroatoms. The lowest BCUT2D eigenvalue weighted by Crippen LogP contribution is -2.20. The number of benzene rings is 1. The molecule has 0 aliphatic carbocycles. The predicted molar refractivity (Wildman–Crippen MR) is 72.3 cm³/mol. The zero-order valence-electron chi connectivity index (χ0n) is 9.77. The van der Waals surface area contributed by atoms with Crippen LogP contribution < -0.4 is 10.6 Å². The average molecular weight is 274 g/mol. The van der Waals surface area contributed by atoms with Crippen LogP contribution in [0.3, 0.4) is 0 Å². The Labute approximate surface area is 113 Å². The molecule has 6 nitrogen and oxygen atoms in total. The maximum absolute atomic E-state index is 12.0. The molecule has 1 aromatic heterocycles. The van der Waals surface area contributed by atoms with E-state index in [1.165, 1.54) is 11.8 Å². The van der Waals surface area contributed by atoms with Gasteiger partial charge in [-0.05, 0) is 18.2 Å². The Morgan fingerprint density at radius 3 is 3.05 bits per heavy atom. The van der Waals surface area contributed by atoms with Crippen molar-refractivity contribution in [3.05, 3.63) is 36.0 Å². The monoisotopic (exact) mass is 274 g/mol. The summed E-state index contributed by atoms with van der Waals surface area (Å²) < 4.78 is 0. The number of H-pyrrole nitrogens is 1. The average Bonchev–Trinajstić information content (AvgIpc) is 2.90. The molecular weight excluding hydrogens is 264 g/mol. The molecule has 0 unspecified atom stereocenters. The van der Waals surface area contributed by atoms with E-state index in [1.807, 2.05) is 6.07 Å². The Bertz CT molecular complexity index is 639. The van der Waals surface area contributed by atoms with E-state index in [0.29, 0.717) is 22.8 Å². The molecule has 0 fully saturated rings. The van der Waals surface area contributed by atoms with Crippen LogP contribution >= 0.6 is 11.8 Å². The molecule has 0 spiro atoms. The summed E-state index contributed by atoms with van der Waals surface area (Å²) in [5.74, 6) is 0.633. The zero-order valence-corrected chi connectivity index (χ0v) is 10.6. The van der Waals surface area contributed by atoms with Crippen LogP contribution in [0.4, 0.5) is 11.5 Å². The quantitative estimate of drug-likeness (QED) is 0.778. The standard InChI is InChI=1S/C12H10N4O2S/c17-11-6-19-9-2-1-7(5-8(9)14-11)12(18)15-10-3-4-13-16-10/h1-5H,6H2,(H,14,17)(H2,13,15,16,18). The van der Waals surface area contributed by atoms with Crippen molar-refractivity contribution in [1.29, 1.82) is 0 Å². The molecular formula is C12H10N4O2S. The summed E-state index contributed by atoms with van der Waals surface area (Å²) >= 11 is 1.46. The molecule has 0 radical (unpaired) electrons. The third-order valence-corrected chi connectivity index (χ3v) is 3.70. The van der Waals surface area contributed by atoms with Gasteiger partial charge in [0, 0.05) is 16.5 Å². The van der Waals surface area contributed by atoms with Crippen molar-refractivity contribution in [1.82, 2.24) is 10.2 Å². The van der Waals surface area contributed by atoms with Crippen LogP contribution in [0.5, 0.6) is 0 Å². The normalized spacial score (nSPS) is 13.6. The third kappa shape index (κ3) is 2.45. The fourth-order valence-corrected chi connectivity index (χ4v) is 2.53. The van der Waals surface area contributed by atoms with E-state index in [4.69, 9.17) is 0 Å². The van der Waals surface area contributed by atoms with Gasteiger partial charge in [-0.3, -0.25) is 14.7 Å². The minimum Gasteiger partial charge on any atom is -0.324 e. The molecule has 1 aromatic carbocycles. The third-order valence-electron chi connectivity index (χ3n) is 2.62. The minimum atomic E-state index is -0.253. The molecule has 0 atom stereocenters. The number of hydrogen-bond acceptors (Lipinski definition) is 4. The minimum absolute atomic E-state index is 0.0522. The number of carbonyl (C=O) groups is 2. The molecule has 0 saturated carbocycles. The second-order valence-electron chi connectivity index (χ2n) is 3.97. The molecule has 1 aliphatic heterocycles. The van der Waals surface area contributed by atoms with Crippen LogP contribution in [0.1, 0.15) is 10.4 Å². The molecule has 2 amide bonds. The number of amides is 2. The van der Waals surface area contributed by atoms with Crippen molar-refractivity contribution in [3.63, 3.8) is 0 Å². The van der Waals surface area contributed by atoms with E-state index in [2.05, 4.69) is 20.8 Å². The summed E-state index contributed by atoms with van der Waals surface area (Å²) in [4.78, 5) is 24.3. The molecule has 96 valence electrons. The van der Waals surface area contributed by atoms with Crippen molar-refractivity contribution in [2.24, 2.45) is 0 Å². The first-order valence-corrected chi connectivity index (χ1v) is 6.58. The van der Waals surface area contributed by atoms with Crippen molar-refractivity contribution >= 4 is 35.1 Å². The van der Waals surface area contributed by atoms with Gasteiger partial charge in [0.25, 0.3) is 5.91 Å². The summed E-state index contributed by atoms with van der Waals surface area (Å²) in [5.41, 5.74) is 1.16. The van der Waals surface area contributed by atoms with Crippen LogP contribution in [0, 0.1) is 0 Å². The number of anilines is 2. The molecule has 3 rings (SSSR count). The first kappa shape index (κ1) is 11.8. The maximum Gasteiger partial charge on any atom is 0.256 e. The van der Waals surface area contributed by atoms with Gasteiger partial charge in [-0.25, -0.2) is 0 Å². The lowest BCUT2D eigenvalue weighted by atomic mass is 10.2. The molecule has 3 N–H and O–H groups in total. The molecule has 1 aliphatic rings. The number of fused-ring (bicyclic) bond motifs is 1. The lowest BCUT2D eigenvalue weighted by Gasteiger charge is -2.16. The fourth-order valence-electron chi connectivity index (χ4n) is 1.74. The van der Waals surface area contributed by atoms with Gasteiger partial charge < -0.3 is 10.6 Å². The highest BCUT2D eigenvalue weighted by Gasteiger charge is 2.17. The van der Waals surface area contributed by atoms with E-state index in [-0.39, 0.29) is 11.8 Å². The van der Waals surface area contributed by atoms with E-state index in [1.54, 1.807) is 24.4 Å². The van der Waals surface area contributed by atoms with Crippen LogP contribution in [0.15, 0.2) is 35.4 Å². The summed E-state index contributed by atoms with van der Waals surface area (Å²) in [5, 5.41) is 11.8. The number of hydrogen-bond donors (Lipinski definition) is 3. The van der Waals surface area contributed by atoms with Gasteiger partial charge >= 0.3 is 0 Å². The van der Waals surface area contributed by atoms with Crippen molar-refractivity contribution in [3.8, 4) is 0 Å². The number of aromatic amines is 1. The van der Waals surface area contributed by atoms with Crippen LogP contribution in [-0.4, -0.2) is 27.8 Å². The van der Waals surface area contributed by atoms with Crippen LogP contribution in [-0.2, 0) is 4.79 Å². The largest absolute Gasteiger partial charge is 0.324 e. The maximum atomic E-state index is 12.0. The second kappa shape index (κ2) is 4.77. The van der Waals surface area contributed by atoms with Gasteiger partial charge in [0.1, 0.15) is 5.82 Å². The summed E-state index contributed by atoms with van der Waals surface area (Å²) in [6, 6.07) is 6.90. The topological polar surface area (TPSA) is 86.9 Å². The lowest BCUT2D eigenvalue weighted by molar-refractivity contribution is -0.113. The zero-order chi connectivity index (χ0) is 13.2. The smallest absolute Gasteiger partial charge is 0.256 e. The highest BCUT2D eigenvalue weighted by Crippen LogP contribution is 2.32. The van der Waals surface area contributed by atoms with Gasteiger partial charge in [-0.2, -0.15) is 5.10 Å². The molecule has 0 bridgehead atoms. The van der Waals surface area contributed by atoms with Gasteiger partial charge in [0.05, 0.1) is 17.6 Å². The van der Waals surface area contributed by atoms with Crippen molar-refractivity contribution in [2.75, 3.05) is 16.4 Å². The van der Waals surface area contributed by atoms with Gasteiger partial charge in [0.2, 0.25) is 5.91 Å². The van der Waals surface area contributed by atoms with E-state index in [9.17, 15) is 9.59 Å². The van der Waals surface area contributed by atoms with Crippen molar-refractivity contribution < 1.29 is 9.59 Å². The fraction of sp³-hybridized carbons (Fsp3) is 0.0833. The Hall–Kier alpha value is -2.28. The number of rotatable bonds is 2. The van der Waals surface area contributed by atoms with E-state index >= 15 is 0 Å². The Morgan fingerprint density at radius 2 is 2.26 bits per heavy atom. The molecule has 19 heavy (non-hydrogen) atoms. The predicted octanol–water partition coefficient (Wildman–Crippen LogP) is 1.71. The molecule has 0 saturated heterocycles. The Balaban J connectivity index is 1.83. The van der Waals surface area contributed by atoms with E-state index in [0.717, 1.165) is 4.90 Å².